The number of hydrogen-bond donors (Lipinski definition) is 0. The minimum Gasteiger partial charge on any atom is -0.313 e. The molecule has 0 unspecified atom stereocenters. The number of benzene rings is 1. The van der Waals surface area contributed by atoms with Crippen molar-refractivity contribution >= 4 is 18.4 Å². The summed E-state index contributed by atoms with van der Waals surface area (Å²) in [7, 11) is 3.80. The van der Waals surface area contributed by atoms with Crippen molar-refractivity contribution in [1.29, 1.82) is 0 Å². The third kappa shape index (κ3) is 2.30. The topological polar surface area (TPSA) is 21.7 Å². The summed E-state index contributed by atoms with van der Waals surface area (Å²) >= 11 is 5.40. The molecule has 0 bridgehead atoms. The summed E-state index contributed by atoms with van der Waals surface area (Å²) < 4.78 is 13.3. The highest BCUT2D eigenvalue weighted by Gasteiger charge is 2.26. The van der Waals surface area contributed by atoms with E-state index in [1.54, 1.807) is 0 Å². The molecule has 1 aliphatic rings. The van der Waals surface area contributed by atoms with Gasteiger partial charge in [-0.2, -0.15) is 0 Å². The van der Waals surface area contributed by atoms with Crippen LogP contribution in [0.15, 0.2) is 24.3 Å². The van der Waals surface area contributed by atoms with E-state index < -0.39 is 6.64 Å². The highest BCUT2D eigenvalue weighted by molar-refractivity contribution is 8.08. The average molecular weight is 243 g/mol. The van der Waals surface area contributed by atoms with Crippen molar-refractivity contribution in [3.63, 3.8) is 0 Å². The quantitative estimate of drug-likeness (QED) is 0.706. The van der Waals surface area contributed by atoms with Gasteiger partial charge in [-0.1, -0.05) is 24.3 Å². The second kappa shape index (κ2) is 4.32. The lowest BCUT2D eigenvalue weighted by Crippen LogP contribution is -2.11. The monoisotopic (exact) mass is 243 g/mol. The Hall–Kier alpha value is -0.250. The standard InChI is InChI=1S/C10H14NO2PS/c1-11(2)14(15)12-7-9-5-3-4-6-10(9)8-13-14/h3-6H,7-8H2,1-2H3. The lowest BCUT2D eigenvalue weighted by atomic mass is 10.1. The molecule has 0 saturated carbocycles. The summed E-state index contributed by atoms with van der Waals surface area (Å²) in [6, 6.07) is 8.12. The number of fused-ring (bicyclic) bond motifs is 1. The van der Waals surface area contributed by atoms with Gasteiger partial charge in [-0.15, -0.1) is 0 Å². The second-order valence-corrected chi connectivity index (χ2v) is 7.27. The first-order valence-corrected chi connectivity index (χ1v) is 7.34. The Morgan fingerprint density at radius 1 is 1.13 bits per heavy atom. The Labute approximate surface area is 95.2 Å². The minimum absolute atomic E-state index is 0.547. The fourth-order valence-corrected chi connectivity index (χ4v) is 2.87. The fourth-order valence-electron chi connectivity index (χ4n) is 1.41. The Morgan fingerprint density at radius 3 is 2.00 bits per heavy atom. The summed E-state index contributed by atoms with van der Waals surface area (Å²) in [5, 5.41) is 0. The van der Waals surface area contributed by atoms with Crippen LogP contribution in [-0.2, 0) is 34.1 Å². The van der Waals surface area contributed by atoms with Crippen LogP contribution in [0.3, 0.4) is 0 Å². The first-order valence-electron chi connectivity index (χ1n) is 4.75. The van der Waals surface area contributed by atoms with E-state index in [0.29, 0.717) is 13.2 Å². The summed E-state index contributed by atoms with van der Waals surface area (Å²) in [5.74, 6) is 0. The van der Waals surface area contributed by atoms with E-state index in [1.807, 2.05) is 30.9 Å². The molecule has 0 aromatic heterocycles. The Kier molecular flexibility index (Phi) is 3.24. The van der Waals surface area contributed by atoms with Gasteiger partial charge in [-0.25, -0.2) is 4.67 Å². The number of hydrogen-bond acceptors (Lipinski definition) is 3. The molecular weight excluding hydrogens is 229 g/mol. The van der Waals surface area contributed by atoms with Gasteiger partial charge in [0.25, 0.3) is 6.64 Å². The van der Waals surface area contributed by atoms with Gasteiger partial charge in [-0.05, 0) is 37.0 Å². The van der Waals surface area contributed by atoms with Crippen molar-refractivity contribution in [2.75, 3.05) is 14.1 Å². The minimum atomic E-state index is -2.24. The van der Waals surface area contributed by atoms with Crippen LogP contribution in [-0.4, -0.2) is 18.8 Å². The molecule has 1 aromatic rings. The van der Waals surface area contributed by atoms with E-state index >= 15 is 0 Å². The van der Waals surface area contributed by atoms with Gasteiger partial charge in [0, 0.05) is 0 Å². The maximum Gasteiger partial charge on any atom is 0.264 e. The molecule has 0 N–H and O–H groups in total. The van der Waals surface area contributed by atoms with Gasteiger partial charge in [0.1, 0.15) is 0 Å². The molecule has 0 spiro atoms. The van der Waals surface area contributed by atoms with Crippen molar-refractivity contribution in [3.8, 4) is 0 Å². The van der Waals surface area contributed by atoms with Gasteiger partial charge < -0.3 is 9.05 Å². The van der Waals surface area contributed by atoms with Crippen LogP contribution < -0.4 is 0 Å². The van der Waals surface area contributed by atoms with Crippen LogP contribution in [0.5, 0.6) is 0 Å². The zero-order valence-corrected chi connectivity index (χ0v) is 10.6. The highest BCUT2D eigenvalue weighted by Crippen LogP contribution is 2.53. The van der Waals surface area contributed by atoms with Crippen LogP contribution in [0.25, 0.3) is 0 Å². The van der Waals surface area contributed by atoms with Crippen LogP contribution in [0.2, 0.25) is 0 Å². The van der Waals surface area contributed by atoms with Crippen LogP contribution in [0, 0.1) is 0 Å². The zero-order valence-electron chi connectivity index (χ0n) is 8.84. The predicted octanol–water partition coefficient (Wildman–Crippen LogP) is 2.52. The normalized spacial score (nSPS) is 19.7. The van der Waals surface area contributed by atoms with Gasteiger partial charge in [0.2, 0.25) is 0 Å². The summed E-state index contributed by atoms with van der Waals surface area (Å²) in [5.41, 5.74) is 2.34. The largest absolute Gasteiger partial charge is 0.313 e. The zero-order chi connectivity index (χ0) is 10.9. The Balaban J connectivity index is 2.26. The van der Waals surface area contributed by atoms with E-state index in [1.165, 1.54) is 11.1 Å². The molecule has 3 nitrogen and oxygen atoms in total. The molecule has 0 saturated heterocycles. The lowest BCUT2D eigenvalue weighted by molar-refractivity contribution is 0.220. The van der Waals surface area contributed by atoms with E-state index in [9.17, 15) is 0 Å². The second-order valence-electron chi connectivity index (χ2n) is 3.63. The third-order valence-electron chi connectivity index (χ3n) is 2.37. The molecule has 1 heterocycles. The van der Waals surface area contributed by atoms with Crippen LogP contribution >= 0.6 is 6.64 Å². The van der Waals surface area contributed by atoms with E-state index in [2.05, 4.69) is 12.1 Å². The van der Waals surface area contributed by atoms with Gasteiger partial charge in [0.05, 0.1) is 13.2 Å². The van der Waals surface area contributed by atoms with Crippen molar-refractivity contribution in [2.24, 2.45) is 0 Å². The molecule has 0 radical (unpaired) electrons. The van der Waals surface area contributed by atoms with E-state index in [0.717, 1.165) is 0 Å². The molecule has 2 rings (SSSR count). The maximum atomic E-state index is 5.71. The highest BCUT2D eigenvalue weighted by atomic mass is 32.5. The smallest absolute Gasteiger partial charge is 0.264 e. The van der Waals surface area contributed by atoms with Crippen molar-refractivity contribution in [2.45, 2.75) is 13.2 Å². The van der Waals surface area contributed by atoms with Crippen molar-refractivity contribution < 1.29 is 9.05 Å². The molecular formula is C10H14NO2PS. The lowest BCUT2D eigenvalue weighted by Gasteiger charge is -2.25. The maximum absolute atomic E-state index is 5.71. The molecule has 0 atom stereocenters. The van der Waals surface area contributed by atoms with Crippen molar-refractivity contribution in [1.82, 2.24) is 4.67 Å². The Morgan fingerprint density at radius 2 is 1.60 bits per heavy atom. The summed E-state index contributed by atoms with van der Waals surface area (Å²) in [4.78, 5) is 0. The van der Waals surface area contributed by atoms with Gasteiger partial charge in [-0.3, -0.25) is 0 Å². The molecule has 0 aliphatic carbocycles. The fraction of sp³-hybridized carbons (Fsp3) is 0.400. The number of nitrogens with zero attached hydrogens (tertiary/aromatic N) is 1. The van der Waals surface area contributed by atoms with Gasteiger partial charge in [0.15, 0.2) is 0 Å². The average Bonchev–Trinajstić information content (AvgIpc) is 2.40. The molecule has 1 aromatic carbocycles. The van der Waals surface area contributed by atoms with Crippen molar-refractivity contribution in [3.05, 3.63) is 35.4 Å². The summed E-state index contributed by atoms with van der Waals surface area (Å²) in [6.45, 7) is -1.15. The number of rotatable bonds is 1. The van der Waals surface area contributed by atoms with Crippen LogP contribution in [0.1, 0.15) is 11.1 Å². The molecule has 15 heavy (non-hydrogen) atoms. The predicted molar refractivity (Wildman–Crippen MR) is 64.0 cm³/mol. The third-order valence-corrected chi connectivity index (χ3v) is 5.88. The summed E-state index contributed by atoms with van der Waals surface area (Å²) in [6.07, 6.45) is 0. The molecule has 5 heteroatoms. The first kappa shape index (κ1) is 11.2. The molecule has 0 fully saturated rings. The van der Waals surface area contributed by atoms with Crippen LogP contribution in [0.4, 0.5) is 0 Å². The Bertz CT molecular complexity index is 377. The molecule has 1 aliphatic heterocycles. The SMILES string of the molecule is CN(C)P1(=S)OCc2ccccc2CO1. The van der Waals surface area contributed by atoms with E-state index in [-0.39, 0.29) is 0 Å². The molecule has 82 valence electrons. The first-order chi connectivity index (χ1) is 7.12. The van der Waals surface area contributed by atoms with E-state index in [4.69, 9.17) is 20.9 Å². The van der Waals surface area contributed by atoms with Gasteiger partial charge >= 0.3 is 0 Å². The molecule has 0 amide bonds.